The summed E-state index contributed by atoms with van der Waals surface area (Å²) in [6, 6.07) is 8.66. The first kappa shape index (κ1) is 11.1. The monoisotopic (exact) mass is 255 g/mol. The maximum Gasteiger partial charge on any atom is 0.280 e. The molecule has 3 aromatic rings. The molecule has 7 nitrogen and oxygen atoms in total. The third-order valence-corrected chi connectivity index (χ3v) is 2.56. The lowest BCUT2D eigenvalue weighted by Crippen LogP contribution is -2.18. The van der Waals surface area contributed by atoms with Crippen molar-refractivity contribution in [2.75, 3.05) is 5.32 Å². The molecule has 0 aliphatic rings. The van der Waals surface area contributed by atoms with E-state index in [1.54, 1.807) is 24.3 Å². The molecule has 1 aromatic carbocycles. The molecule has 0 aliphatic heterocycles. The van der Waals surface area contributed by atoms with Crippen LogP contribution in [0.25, 0.3) is 11.2 Å². The Morgan fingerprint density at radius 1 is 1.21 bits per heavy atom. The molecule has 19 heavy (non-hydrogen) atoms. The van der Waals surface area contributed by atoms with E-state index in [-0.39, 0.29) is 17.4 Å². The van der Waals surface area contributed by atoms with Crippen molar-refractivity contribution in [1.82, 2.24) is 19.9 Å². The molecule has 0 saturated heterocycles. The highest BCUT2D eigenvalue weighted by Gasteiger charge is 2.09. The Bertz CT molecular complexity index is 790. The van der Waals surface area contributed by atoms with Gasteiger partial charge in [0.2, 0.25) is 5.95 Å². The molecule has 0 saturated carbocycles. The van der Waals surface area contributed by atoms with Crippen molar-refractivity contribution < 1.29 is 4.79 Å². The number of carbonyl (C=O) groups is 1. The summed E-state index contributed by atoms with van der Waals surface area (Å²) in [7, 11) is 0. The summed E-state index contributed by atoms with van der Waals surface area (Å²) in [6.07, 6.45) is 1.37. The van der Waals surface area contributed by atoms with Crippen LogP contribution in [0.4, 0.5) is 5.95 Å². The molecule has 94 valence electrons. The molecule has 0 atom stereocenters. The van der Waals surface area contributed by atoms with Gasteiger partial charge in [0.05, 0.1) is 6.33 Å². The van der Waals surface area contributed by atoms with Crippen LogP contribution in [0, 0.1) is 0 Å². The Morgan fingerprint density at radius 2 is 2.00 bits per heavy atom. The Hall–Kier alpha value is -2.96. The van der Waals surface area contributed by atoms with Crippen LogP contribution in [0.3, 0.4) is 0 Å². The number of benzene rings is 1. The summed E-state index contributed by atoms with van der Waals surface area (Å²) in [5.74, 6) is -0.266. The normalized spacial score (nSPS) is 10.5. The molecular formula is C12H9N5O2. The number of hydrogen-bond acceptors (Lipinski definition) is 4. The number of nitrogens with zero attached hydrogens (tertiary/aromatic N) is 2. The van der Waals surface area contributed by atoms with E-state index < -0.39 is 5.56 Å². The summed E-state index contributed by atoms with van der Waals surface area (Å²) < 4.78 is 0. The average molecular weight is 255 g/mol. The highest BCUT2D eigenvalue weighted by atomic mass is 16.2. The van der Waals surface area contributed by atoms with Gasteiger partial charge < -0.3 is 4.98 Å². The van der Waals surface area contributed by atoms with Gasteiger partial charge in [0.15, 0.2) is 11.2 Å². The Labute approximate surface area is 106 Å². The number of imidazole rings is 1. The number of nitrogens with one attached hydrogen (secondary N) is 3. The van der Waals surface area contributed by atoms with Crippen molar-refractivity contribution in [2.45, 2.75) is 0 Å². The molecule has 0 unspecified atom stereocenters. The zero-order valence-corrected chi connectivity index (χ0v) is 9.68. The maximum absolute atomic E-state index is 11.9. The van der Waals surface area contributed by atoms with Gasteiger partial charge in [-0.05, 0) is 12.1 Å². The number of hydrogen-bond donors (Lipinski definition) is 3. The van der Waals surface area contributed by atoms with E-state index in [9.17, 15) is 9.59 Å². The SMILES string of the molecule is O=C(Nc1nc2[nH]cnc2c(=O)[nH]1)c1ccccc1. The summed E-state index contributed by atoms with van der Waals surface area (Å²) in [5.41, 5.74) is 0.606. The van der Waals surface area contributed by atoms with E-state index in [0.29, 0.717) is 11.2 Å². The van der Waals surface area contributed by atoms with Crippen molar-refractivity contribution in [3.05, 3.63) is 52.6 Å². The number of H-pyrrole nitrogens is 2. The van der Waals surface area contributed by atoms with Crippen LogP contribution in [0.2, 0.25) is 0 Å². The first-order valence-electron chi connectivity index (χ1n) is 5.54. The molecule has 3 rings (SSSR count). The minimum atomic E-state index is -0.408. The van der Waals surface area contributed by atoms with E-state index in [0.717, 1.165) is 0 Å². The Balaban J connectivity index is 1.93. The fourth-order valence-corrected chi connectivity index (χ4v) is 1.67. The van der Waals surface area contributed by atoms with Crippen LogP contribution in [0.5, 0.6) is 0 Å². The molecule has 7 heteroatoms. The molecule has 0 fully saturated rings. The molecular weight excluding hydrogens is 246 g/mol. The van der Waals surface area contributed by atoms with Crippen LogP contribution in [-0.2, 0) is 0 Å². The first-order chi connectivity index (χ1) is 9.24. The molecule has 0 spiro atoms. The molecule has 1 amide bonds. The van der Waals surface area contributed by atoms with Gasteiger partial charge in [-0.1, -0.05) is 18.2 Å². The van der Waals surface area contributed by atoms with Crippen LogP contribution in [-0.4, -0.2) is 25.8 Å². The van der Waals surface area contributed by atoms with Gasteiger partial charge in [-0.15, -0.1) is 0 Å². The quantitative estimate of drug-likeness (QED) is 0.632. The van der Waals surface area contributed by atoms with Gasteiger partial charge >= 0.3 is 0 Å². The maximum atomic E-state index is 11.9. The molecule has 0 aliphatic carbocycles. The van der Waals surface area contributed by atoms with Crippen LogP contribution in [0.1, 0.15) is 10.4 Å². The van der Waals surface area contributed by atoms with E-state index in [1.807, 2.05) is 6.07 Å². The second kappa shape index (κ2) is 4.37. The molecule has 2 heterocycles. The van der Waals surface area contributed by atoms with Crippen LogP contribution in [0.15, 0.2) is 41.5 Å². The van der Waals surface area contributed by atoms with Crippen molar-refractivity contribution in [2.24, 2.45) is 0 Å². The fourth-order valence-electron chi connectivity index (χ4n) is 1.67. The number of rotatable bonds is 2. The second-order valence-electron chi connectivity index (χ2n) is 3.83. The van der Waals surface area contributed by atoms with Gasteiger partial charge in [-0.2, -0.15) is 4.98 Å². The highest BCUT2D eigenvalue weighted by Crippen LogP contribution is 2.05. The van der Waals surface area contributed by atoms with E-state index in [4.69, 9.17) is 0 Å². The lowest BCUT2D eigenvalue weighted by molar-refractivity contribution is 0.102. The zero-order valence-electron chi connectivity index (χ0n) is 9.68. The van der Waals surface area contributed by atoms with Gasteiger partial charge in [-0.25, -0.2) is 4.98 Å². The second-order valence-corrected chi connectivity index (χ2v) is 3.83. The number of anilines is 1. The van der Waals surface area contributed by atoms with Gasteiger partial charge in [0, 0.05) is 5.56 Å². The van der Waals surface area contributed by atoms with Gasteiger partial charge in [-0.3, -0.25) is 19.9 Å². The average Bonchev–Trinajstić information content (AvgIpc) is 2.88. The van der Waals surface area contributed by atoms with Gasteiger partial charge in [0.25, 0.3) is 11.5 Å². The highest BCUT2D eigenvalue weighted by molar-refractivity contribution is 6.03. The number of aromatic amines is 2. The van der Waals surface area contributed by atoms with Crippen molar-refractivity contribution in [3.8, 4) is 0 Å². The fraction of sp³-hybridized carbons (Fsp3) is 0. The molecule has 0 radical (unpaired) electrons. The number of fused-ring (bicyclic) bond motifs is 1. The van der Waals surface area contributed by atoms with Crippen LogP contribution >= 0.6 is 0 Å². The summed E-state index contributed by atoms with van der Waals surface area (Å²) in [5, 5.41) is 2.53. The largest absolute Gasteiger partial charge is 0.329 e. The zero-order chi connectivity index (χ0) is 13.2. The summed E-state index contributed by atoms with van der Waals surface area (Å²) in [6.45, 7) is 0. The van der Waals surface area contributed by atoms with Gasteiger partial charge in [0.1, 0.15) is 0 Å². The third-order valence-electron chi connectivity index (χ3n) is 2.56. The molecule has 3 N–H and O–H groups in total. The van der Waals surface area contributed by atoms with Crippen molar-refractivity contribution in [1.29, 1.82) is 0 Å². The third kappa shape index (κ3) is 2.08. The van der Waals surface area contributed by atoms with E-state index in [2.05, 4.69) is 25.3 Å². The summed E-state index contributed by atoms with van der Waals surface area (Å²) >= 11 is 0. The number of aromatic nitrogens is 4. The smallest absolute Gasteiger partial charge is 0.280 e. The molecule has 0 bridgehead atoms. The lowest BCUT2D eigenvalue weighted by atomic mass is 10.2. The van der Waals surface area contributed by atoms with E-state index in [1.165, 1.54) is 6.33 Å². The lowest BCUT2D eigenvalue weighted by Gasteiger charge is -2.03. The Kier molecular flexibility index (Phi) is 2.57. The summed E-state index contributed by atoms with van der Waals surface area (Å²) in [4.78, 5) is 36.6. The number of amides is 1. The molecule has 2 aromatic heterocycles. The minimum absolute atomic E-state index is 0.0793. The predicted molar refractivity (Wildman–Crippen MR) is 68.9 cm³/mol. The van der Waals surface area contributed by atoms with Crippen molar-refractivity contribution >= 4 is 23.0 Å². The first-order valence-corrected chi connectivity index (χ1v) is 5.54. The van der Waals surface area contributed by atoms with Crippen LogP contribution < -0.4 is 10.9 Å². The number of carbonyl (C=O) groups excluding carboxylic acids is 1. The minimum Gasteiger partial charge on any atom is -0.329 e. The Morgan fingerprint density at radius 3 is 2.79 bits per heavy atom. The van der Waals surface area contributed by atoms with E-state index >= 15 is 0 Å². The standard InChI is InChI=1S/C12H9N5O2/c18-10(7-4-2-1-3-5-7)16-12-15-9-8(11(19)17-12)13-6-14-9/h1-6H,(H3,13,14,15,16,17,18,19). The van der Waals surface area contributed by atoms with Crippen molar-refractivity contribution in [3.63, 3.8) is 0 Å². The predicted octanol–water partition coefficient (Wildman–Crippen LogP) is 0.898. The topological polar surface area (TPSA) is 104 Å².